The van der Waals surface area contributed by atoms with Crippen molar-refractivity contribution in [1.82, 2.24) is 5.32 Å². The van der Waals surface area contributed by atoms with Crippen molar-refractivity contribution in [2.45, 2.75) is 20.8 Å². The van der Waals surface area contributed by atoms with Gasteiger partial charge in [0.15, 0.2) is 0 Å². The van der Waals surface area contributed by atoms with E-state index >= 15 is 0 Å². The van der Waals surface area contributed by atoms with Crippen LogP contribution in [0.5, 0.6) is 0 Å². The standard InChI is InChI=1S/C19H21BrN2O2/c1-13-8-9-16(12-14(13)2)19(24)21-10-11-22(15(3)23)18-7-5-4-6-17(18)20/h4-9,12H,10-11H2,1-3H3,(H,21,24). The fraction of sp³-hybridized carbons (Fsp3) is 0.263. The highest BCUT2D eigenvalue weighted by Crippen LogP contribution is 2.25. The van der Waals surface area contributed by atoms with E-state index < -0.39 is 0 Å². The molecule has 0 saturated heterocycles. The first-order valence-electron chi connectivity index (χ1n) is 7.78. The number of rotatable bonds is 5. The van der Waals surface area contributed by atoms with Crippen LogP contribution < -0.4 is 10.2 Å². The summed E-state index contributed by atoms with van der Waals surface area (Å²) in [5, 5.41) is 2.87. The van der Waals surface area contributed by atoms with Crippen LogP contribution in [0, 0.1) is 13.8 Å². The van der Waals surface area contributed by atoms with Gasteiger partial charge in [-0.15, -0.1) is 0 Å². The van der Waals surface area contributed by atoms with Crippen molar-refractivity contribution in [2.24, 2.45) is 0 Å². The molecule has 2 rings (SSSR count). The van der Waals surface area contributed by atoms with Crippen molar-refractivity contribution < 1.29 is 9.59 Å². The lowest BCUT2D eigenvalue weighted by Gasteiger charge is -2.22. The molecule has 2 amide bonds. The van der Waals surface area contributed by atoms with E-state index in [0.29, 0.717) is 18.7 Å². The van der Waals surface area contributed by atoms with Crippen molar-refractivity contribution in [2.75, 3.05) is 18.0 Å². The average Bonchev–Trinajstić information content (AvgIpc) is 2.54. The molecular weight excluding hydrogens is 368 g/mol. The predicted octanol–water partition coefficient (Wildman–Crippen LogP) is 3.85. The number of para-hydroxylation sites is 1. The summed E-state index contributed by atoms with van der Waals surface area (Å²) in [4.78, 5) is 25.8. The lowest BCUT2D eigenvalue weighted by Crippen LogP contribution is -2.37. The van der Waals surface area contributed by atoms with Gasteiger partial charge in [-0.3, -0.25) is 9.59 Å². The molecule has 0 aromatic heterocycles. The normalized spacial score (nSPS) is 10.3. The van der Waals surface area contributed by atoms with Gasteiger partial charge in [0.1, 0.15) is 0 Å². The number of benzene rings is 2. The number of amides is 2. The summed E-state index contributed by atoms with van der Waals surface area (Å²) < 4.78 is 0.848. The van der Waals surface area contributed by atoms with E-state index in [0.717, 1.165) is 21.3 Å². The van der Waals surface area contributed by atoms with Crippen molar-refractivity contribution in [3.05, 3.63) is 63.6 Å². The van der Waals surface area contributed by atoms with Crippen LogP contribution >= 0.6 is 15.9 Å². The minimum Gasteiger partial charge on any atom is -0.350 e. The number of halogens is 1. The number of aryl methyl sites for hydroxylation is 2. The second kappa shape index (κ2) is 8.11. The zero-order valence-corrected chi connectivity index (χ0v) is 15.7. The third-order valence-electron chi connectivity index (χ3n) is 3.91. The molecule has 2 aromatic carbocycles. The van der Waals surface area contributed by atoms with Gasteiger partial charge in [-0.25, -0.2) is 0 Å². The highest BCUT2D eigenvalue weighted by Gasteiger charge is 2.14. The van der Waals surface area contributed by atoms with E-state index in [-0.39, 0.29) is 11.8 Å². The van der Waals surface area contributed by atoms with Crippen LogP contribution in [0.2, 0.25) is 0 Å². The first kappa shape index (κ1) is 18.2. The lowest BCUT2D eigenvalue weighted by atomic mass is 10.1. The van der Waals surface area contributed by atoms with Gasteiger partial charge in [-0.1, -0.05) is 18.2 Å². The Hall–Kier alpha value is -2.14. The Balaban J connectivity index is 2.00. The monoisotopic (exact) mass is 388 g/mol. The fourth-order valence-electron chi connectivity index (χ4n) is 2.38. The molecule has 24 heavy (non-hydrogen) atoms. The van der Waals surface area contributed by atoms with Crippen LogP contribution in [0.1, 0.15) is 28.4 Å². The Labute approximate surface area is 151 Å². The van der Waals surface area contributed by atoms with E-state index in [2.05, 4.69) is 21.2 Å². The number of anilines is 1. The second-order valence-corrected chi connectivity index (χ2v) is 6.53. The van der Waals surface area contributed by atoms with Gasteiger partial charge in [-0.05, 0) is 65.2 Å². The second-order valence-electron chi connectivity index (χ2n) is 5.68. The van der Waals surface area contributed by atoms with E-state index in [4.69, 9.17) is 0 Å². The highest BCUT2D eigenvalue weighted by atomic mass is 79.9. The van der Waals surface area contributed by atoms with Crippen molar-refractivity contribution in [3.63, 3.8) is 0 Å². The largest absolute Gasteiger partial charge is 0.350 e. The summed E-state index contributed by atoms with van der Waals surface area (Å²) >= 11 is 3.46. The van der Waals surface area contributed by atoms with Gasteiger partial charge in [0.05, 0.1) is 5.69 Å². The Morgan fingerprint density at radius 1 is 1.08 bits per heavy atom. The van der Waals surface area contributed by atoms with Crippen molar-refractivity contribution in [1.29, 1.82) is 0 Å². The molecule has 0 atom stereocenters. The summed E-state index contributed by atoms with van der Waals surface area (Å²) in [6.45, 7) is 6.31. The summed E-state index contributed by atoms with van der Waals surface area (Å²) in [7, 11) is 0. The van der Waals surface area contributed by atoms with Gasteiger partial charge >= 0.3 is 0 Å². The maximum atomic E-state index is 12.2. The summed E-state index contributed by atoms with van der Waals surface area (Å²) in [5.41, 5.74) is 3.67. The zero-order chi connectivity index (χ0) is 17.7. The first-order chi connectivity index (χ1) is 11.4. The summed E-state index contributed by atoms with van der Waals surface area (Å²) in [5.74, 6) is -0.198. The van der Waals surface area contributed by atoms with E-state index in [9.17, 15) is 9.59 Å². The third-order valence-corrected chi connectivity index (χ3v) is 4.58. The number of hydrogen-bond donors (Lipinski definition) is 1. The molecule has 1 N–H and O–H groups in total. The maximum Gasteiger partial charge on any atom is 0.251 e. The molecule has 126 valence electrons. The minimum absolute atomic E-state index is 0.0673. The number of nitrogens with zero attached hydrogens (tertiary/aromatic N) is 1. The van der Waals surface area contributed by atoms with Gasteiger partial charge in [0.25, 0.3) is 5.91 Å². The van der Waals surface area contributed by atoms with Crippen LogP contribution in [0.4, 0.5) is 5.69 Å². The minimum atomic E-state index is -0.131. The lowest BCUT2D eigenvalue weighted by molar-refractivity contribution is -0.116. The van der Waals surface area contributed by atoms with Crippen LogP contribution in [0.3, 0.4) is 0 Å². The molecule has 0 unspecified atom stereocenters. The van der Waals surface area contributed by atoms with E-state index in [1.165, 1.54) is 6.92 Å². The molecule has 2 aromatic rings. The summed E-state index contributed by atoms with van der Waals surface area (Å²) in [6, 6.07) is 13.2. The van der Waals surface area contributed by atoms with Crippen LogP contribution in [0.25, 0.3) is 0 Å². The highest BCUT2D eigenvalue weighted by molar-refractivity contribution is 9.10. The van der Waals surface area contributed by atoms with Crippen LogP contribution in [-0.2, 0) is 4.79 Å². The fourth-order valence-corrected chi connectivity index (χ4v) is 2.88. The molecule has 0 fully saturated rings. The number of nitrogens with one attached hydrogen (secondary N) is 1. The number of hydrogen-bond acceptors (Lipinski definition) is 2. The van der Waals surface area contributed by atoms with Crippen LogP contribution in [-0.4, -0.2) is 24.9 Å². The van der Waals surface area contributed by atoms with E-state index in [1.807, 2.05) is 56.3 Å². The average molecular weight is 389 g/mol. The van der Waals surface area contributed by atoms with E-state index in [1.54, 1.807) is 4.90 Å². The van der Waals surface area contributed by atoms with Gasteiger partial charge in [0.2, 0.25) is 5.91 Å². The van der Waals surface area contributed by atoms with Gasteiger partial charge < -0.3 is 10.2 Å². The first-order valence-corrected chi connectivity index (χ1v) is 8.57. The molecule has 0 saturated carbocycles. The Bertz CT molecular complexity index is 759. The smallest absolute Gasteiger partial charge is 0.251 e. The Morgan fingerprint density at radius 2 is 1.79 bits per heavy atom. The molecule has 0 aliphatic carbocycles. The predicted molar refractivity (Wildman–Crippen MR) is 100 cm³/mol. The SMILES string of the molecule is CC(=O)N(CCNC(=O)c1ccc(C)c(C)c1)c1ccccc1Br. The molecule has 0 spiro atoms. The Kier molecular flexibility index (Phi) is 6.15. The zero-order valence-electron chi connectivity index (χ0n) is 14.1. The third kappa shape index (κ3) is 4.45. The topological polar surface area (TPSA) is 49.4 Å². The van der Waals surface area contributed by atoms with Crippen molar-refractivity contribution >= 4 is 33.4 Å². The number of carbonyl (C=O) groups is 2. The van der Waals surface area contributed by atoms with Crippen LogP contribution in [0.15, 0.2) is 46.9 Å². The molecule has 5 heteroatoms. The molecule has 4 nitrogen and oxygen atoms in total. The Morgan fingerprint density at radius 3 is 2.42 bits per heavy atom. The van der Waals surface area contributed by atoms with Crippen molar-refractivity contribution in [3.8, 4) is 0 Å². The molecule has 0 heterocycles. The quantitative estimate of drug-likeness (QED) is 0.845. The molecular formula is C19H21BrN2O2. The molecule has 0 bridgehead atoms. The van der Waals surface area contributed by atoms with Gasteiger partial charge in [-0.2, -0.15) is 0 Å². The summed E-state index contributed by atoms with van der Waals surface area (Å²) in [6.07, 6.45) is 0. The molecule has 0 aliphatic rings. The maximum absolute atomic E-state index is 12.2. The number of carbonyl (C=O) groups excluding carboxylic acids is 2. The molecule has 0 radical (unpaired) electrons. The molecule has 0 aliphatic heterocycles. The van der Waals surface area contributed by atoms with Gasteiger partial charge in [0, 0.05) is 30.0 Å².